The van der Waals surface area contributed by atoms with E-state index in [1.54, 1.807) is 43.3 Å². The van der Waals surface area contributed by atoms with Gasteiger partial charge in [0.15, 0.2) is 0 Å². The maximum absolute atomic E-state index is 14.3. The predicted octanol–water partition coefficient (Wildman–Crippen LogP) is 1.65. The Balaban J connectivity index is 2.23. The van der Waals surface area contributed by atoms with Crippen LogP contribution >= 0.6 is 0 Å². The third-order valence-electron chi connectivity index (χ3n) is 3.93. The normalized spacial score (nSPS) is 13.6. The van der Waals surface area contributed by atoms with Gasteiger partial charge in [0.1, 0.15) is 12.0 Å². The van der Waals surface area contributed by atoms with E-state index in [1.165, 1.54) is 0 Å². The highest BCUT2D eigenvalue weighted by Crippen LogP contribution is 2.26. The number of nitrogen functional groups attached to an aromatic ring is 1. The molecule has 0 amide bonds. The SMILES string of the molecule is Cc1cccc(C(CN)C(O)Nc2ccc(N)c(CN)c2)c1F. The molecule has 5 nitrogen and oxygen atoms in total. The number of nitrogens with one attached hydrogen (secondary N) is 1. The molecule has 8 N–H and O–H groups in total. The second-order valence-electron chi connectivity index (χ2n) is 5.53. The molecule has 2 atom stereocenters. The second-order valence-corrected chi connectivity index (χ2v) is 5.53. The Morgan fingerprint density at radius 1 is 1.22 bits per heavy atom. The van der Waals surface area contributed by atoms with Crippen molar-refractivity contribution in [1.82, 2.24) is 0 Å². The summed E-state index contributed by atoms with van der Waals surface area (Å²) in [4.78, 5) is 0. The van der Waals surface area contributed by atoms with E-state index in [4.69, 9.17) is 17.2 Å². The molecule has 2 rings (SSSR count). The van der Waals surface area contributed by atoms with E-state index in [1.807, 2.05) is 0 Å². The van der Waals surface area contributed by atoms with Gasteiger partial charge in [-0.1, -0.05) is 18.2 Å². The van der Waals surface area contributed by atoms with Crippen LogP contribution in [0.15, 0.2) is 36.4 Å². The molecule has 2 unspecified atom stereocenters. The number of nitrogens with two attached hydrogens (primary N) is 3. The van der Waals surface area contributed by atoms with Gasteiger partial charge in [-0.05, 0) is 41.8 Å². The average Bonchev–Trinajstić information content (AvgIpc) is 2.54. The summed E-state index contributed by atoms with van der Waals surface area (Å²) in [5.74, 6) is -0.919. The van der Waals surface area contributed by atoms with Crippen LogP contribution in [0.5, 0.6) is 0 Å². The average molecular weight is 318 g/mol. The van der Waals surface area contributed by atoms with Crippen molar-refractivity contribution in [3.63, 3.8) is 0 Å². The number of aryl methyl sites for hydroxylation is 1. The van der Waals surface area contributed by atoms with Gasteiger partial charge in [0.25, 0.3) is 0 Å². The highest BCUT2D eigenvalue weighted by Gasteiger charge is 2.23. The lowest BCUT2D eigenvalue weighted by Gasteiger charge is -2.25. The topological polar surface area (TPSA) is 110 Å². The largest absolute Gasteiger partial charge is 0.398 e. The summed E-state index contributed by atoms with van der Waals surface area (Å²) in [6.45, 7) is 2.08. The van der Waals surface area contributed by atoms with E-state index in [2.05, 4.69) is 5.32 Å². The number of halogens is 1. The summed E-state index contributed by atoms with van der Waals surface area (Å²) in [5.41, 5.74) is 20.1. The van der Waals surface area contributed by atoms with Crippen molar-refractivity contribution in [1.29, 1.82) is 0 Å². The first-order valence-electron chi connectivity index (χ1n) is 7.46. The van der Waals surface area contributed by atoms with Gasteiger partial charge in [-0.15, -0.1) is 0 Å². The molecule has 2 aromatic rings. The van der Waals surface area contributed by atoms with E-state index in [0.29, 0.717) is 29.0 Å². The fraction of sp³-hybridized carbons (Fsp3) is 0.294. The van der Waals surface area contributed by atoms with E-state index >= 15 is 0 Å². The Labute approximate surface area is 135 Å². The number of aliphatic hydroxyl groups excluding tert-OH is 1. The quantitative estimate of drug-likeness (QED) is 0.411. The van der Waals surface area contributed by atoms with E-state index in [9.17, 15) is 9.50 Å². The van der Waals surface area contributed by atoms with Crippen molar-refractivity contribution in [2.75, 3.05) is 17.6 Å². The van der Waals surface area contributed by atoms with Gasteiger partial charge in [0.2, 0.25) is 0 Å². The molecule has 124 valence electrons. The maximum atomic E-state index is 14.3. The minimum absolute atomic E-state index is 0.104. The smallest absolute Gasteiger partial charge is 0.132 e. The highest BCUT2D eigenvalue weighted by molar-refractivity contribution is 5.57. The molecule has 0 radical (unpaired) electrons. The molecule has 0 aromatic heterocycles. The number of rotatable bonds is 6. The molecule has 0 saturated carbocycles. The van der Waals surface area contributed by atoms with Crippen LogP contribution in [0.4, 0.5) is 15.8 Å². The number of hydrogen-bond acceptors (Lipinski definition) is 5. The first-order valence-corrected chi connectivity index (χ1v) is 7.46. The first-order chi connectivity index (χ1) is 11.0. The Kier molecular flexibility index (Phi) is 5.54. The van der Waals surface area contributed by atoms with Crippen LogP contribution in [0, 0.1) is 12.7 Å². The van der Waals surface area contributed by atoms with Crippen LogP contribution in [0.3, 0.4) is 0 Å². The van der Waals surface area contributed by atoms with Crippen LogP contribution in [0.2, 0.25) is 0 Å². The van der Waals surface area contributed by atoms with Crippen LogP contribution < -0.4 is 22.5 Å². The van der Waals surface area contributed by atoms with Gasteiger partial charge in [-0.2, -0.15) is 0 Å². The van der Waals surface area contributed by atoms with Crippen molar-refractivity contribution in [3.8, 4) is 0 Å². The van der Waals surface area contributed by atoms with Crippen LogP contribution in [-0.2, 0) is 6.54 Å². The van der Waals surface area contributed by atoms with Crippen molar-refractivity contribution in [2.45, 2.75) is 25.6 Å². The second kappa shape index (κ2) is 7.41. The molecule has 0 fully saturated rings. The molecule has 0 aliphatic heterocycles. The zero-order valence-electron chi connectivity index (χ0n) is 13.1. The molecule has 2 aromatic carbocycles. The standard InChI is InChI=1S/C17H23FN4O/c1-10-3-2-4-13(16(10)18)14(9-20)17(23)22-12-5-6-15(21)11(7-12)8-19/h2-7,14,17,22-23H,8-9,19-21H2,1H3. The third-order valence-corrected chi connectivity index (χ3v) is 3.93. The van der Waals surface area contributed by atoms with Crippen molar-refractivity contribution < 1.29 is 9.50 Å². The minimum Gasteiger partial charge on any atom is -0.398 e. The van der Waals surface area contributed by atoms with Gasteiger partial charge in [0.05, 0.1) is 0 Å². The summed E-state index contributed by atoms with van der Waals surface area (Å²) < 4.78 is 14.3. The highest BCUT2D eigenvalue weighted by atomic mass is 19.1. The number of aliphatic hydroxyl groups is 1. The Hall–Kier alpha value is -2.15. The number of hydrogen-bond donors (Lipinski definition) is 5. The van der Waals surface area contributed by atoms with Gasteiger partial charge >= 0.3 is 0 Å². The van der Waals surface area contributed by atoms with Crippen molar-refractivity contribution >= 4 is 11.4 Å². The Morgan fingerprint density at radius 3 is 2.61 bits per heavy atom. The molecular formula is C17H23FN4O. The fourth-order valence-electron chi connectivity index (χ4n) is 2.53. The van der Waals surface area contributed by atoms with Crippen molar-refractivity contribution in [2.24, 2.45) is 11.5 Å². The van der Waals surface area contributed by atoms with Crippen LogP contribution in [0.25, 0.3) is 0 Å². The van der Waals surface area contributed by atoms with Gasteiger partial charge in [0, 0.05) is 30.4 Å². The molecule has 0 heterocycles. The van der Waals surface area contributed by atoms with Gasteiger partial charge < -0.3 is 27.6 Å². The maximum Gasteiger partial charge on any atom is 0.132 e. The summed E-state index contributed by atoms with van der Waals surface area (Å²) >= 11 is 0. The van der Waals surface area contributed by atoms with Gasteiger partial charge in [-0.25, -0.2) is 4.39 Å². The molecular weight excluding hydrogens is 295 g/mol. The summed E-state index contributed by atoms with van der Waals surface area (Å²) in [6.07, 6.45) is -1.04. The molecule has 0 bridgehead atoms. The number of anilines is 2. The van der Waals surface area contributed by atoms with E-state index in [0.717, 1.165) is 5.56 Å². The lowest BCUT2D eigenvalue weighted by molar-refractivity contribution is 0.171. The summed E-state index contributed by atoms with van der Waals surface area (Å²) in [7, 11) is 0. The lowest BCUT2D eigenvalue weighted by Crippen LogP contribution is -2.33. The number of benzene rings is 2. The molecule has 0 aliphatic carbocycles. The minimum atomic E-state index is -1.04. The monoisotopic (exact) mass is 318 g/mol. The van der Waals surface area contributed by atoms with Gasteiger partial charge in [-0.3, -0.25) is 0 Å². The van der Waals surface area contributed by atoms with E-state index < -0.39 is 12.1 Å². The zero-order valence-corrected chi connectivity index (χ0v) is 13.1. The fourth-order valence-corrected chi connectivity index (χ4v) is 2.53. The summed E-state index contributed by atoms with van der Waals surface area (Å²) in [6, 6.07) is 10.3. The van der Waals surface area contributed by atoms with Crippen LogP contribution in [-0.4, -0.2) is 17.9 Å². The van der Waals surface area contributed by atoms with Crippen molar-refractivity contribution in [3.05, 3.63) is 58.9 Å². The summed E-state index contributed by atoms with van der Waals surface area (Å²) in [5, 5.41) is 13.4. The van der Waals surface area contributed by atoms with Crippen LogP contribution in [0.1, 0.15) is 22.6 Å². The Morgan fingerprint density at radius 2 is 1.96 bits per heavy atom. The molecule has 23 heavy (non-hydrogen) atoms. The molecule has 0 saturated heterocycles. The Bertz CT molecular complexity index is 678. The lowest BCUT2D eigenvalue weighted by atomic mass is 9.95. The zero-order chi connectivity index (χ0) is 17.0. The molecule has 6 heteroatoms. The molecule has 0 aliphatic rings. The van der Waals surface area contributed by atoms with E-state index in [-0.39, 0.29) is 12.4 Å². The predicted molar refractivity (Wildman–Crippen MR) is 91.3 cm³/mol. The molecule has 0 spiro atoms. The first kappa shape index (κ1) is 17.2. The third kappa shape index (κ3) is 3.79.